The van der Waals surface area contributed by atoms with Crippen LogP contribution in [0.15, 0.2) is 22.7 Å². The van der Waals surface area contributed by atoms with Gasteiger partial charge in [-0.1, -0.05) is 36.7 Å². The van der Waals surface area contributed by atoms with Crippen LogP contribution in [0.25, 0.3) is 0 Å². The molecule has 0 radical (unpaired) electrons. The predicted molar refractivity (Wildman–Crippen MR) is 67.8 cm³/mol. The fourth-order valence-corrected chi connectivity index (χ4v) is 1.96. The molecule has 2 unspecified atom stereocenters. The molecule has 0 bridgehead atoms. The number of aliphatic hydroxyl groups excluding tert-OH is 1. The predicted octanol–water partition coefficient (Wildman–Crippen LogP) is 3.78. The first-order chi connectivity index (χ1) is 7.41. The lowest BCUT2D eigenvalue weighted by Crippen LogP contribution is -2.25. The highest BCUT2D eigenvalue weighted by molar-refractivity contribution is 9.10. The molecule has 0 saturated carbocycles. The van der Waals surface area contributed by atoms with Crippen LogP contribution in [-0.4, -0.2) is 11.2 Å². The summed E-state index contributed by atoms with van der Waals surface area (Å²) < 4.78 is 14.3. The Morgan fingerprint density at radius 2 is 1.94 bits per heavy atom. The molecule has 1 nitrogen and oxygen atoms in total. The molecule has 1 aromatic carbocycles. The quantitative estimate of drug-likeness (QED) is 0.894. The first kappa shape index (κ1) is 13.7. The standard InChI is InChI=1S/C13H18BrFO/c1-8(2)9(3)13(16)7-10-6-11(14)4-5-12(10)15/h4-6,8-9,13,16H,7H2,1-3H3. The highest BCUT2D eigenvalue weighted by Gasteiger charge is 2.19. The van der Waals surface area contributed by atoms with Crippen LogP contribution in [-0.2, 0) is 6.42 Å². The van der Waals surface area contributed by atoms with Crippen molar-refractivity contribution in [2.75, 3.05) is 0 Å². The van der Waals surface area contributed by atoms with E-state index in [0.29, 0.717) is 17.9 Å². The Hall–Kier alpha value is -0.410. The molecule has 1 aromatic rings. The third-order valence-electron chi connectivity index (χ3n) is 3.10. The number of rotatable bonds is 4. The number of halogens is 2. The van der Waals surface area contributed by atoms with E-state index in [4.69, 9.17) is 0 Å². The molecule has 2 atom stereocenters. The minimum atomic E-state index is -0.496. The molecule has 1 N–H and O–H groups in total. The van der Waals surface area contributed by atoms with Crippen molar-refractivity contribution >= 4 is 15.9 Å². The van der Waals surface area contributed by atoms with Gasteiger partial charge in [-0.3, -0.25) is 0 Å². The van der Waals surface area contributed by atoms with Crippen molar-refractivity contribution in [1.82, 2.24) is 0 Å². The van der Waals surface area contributed by atoms with Crippen molar-refractivity contribution < 1.29 is 9.50 Å². The molecule has 1 rings (SSSR count). The molecule has 0 saturated heterocycles. The SMILES string of the molecule is CC(C)C(C)C(O)Cc1cc(Br)ccc1F. The van der Waals surface area contributed by atoms with E-state index in [2.05, 4.69) is 29.8 Å². The first-order valence-corrected chi connectivity index (χ1v) is 6.33. The van der Waals surface area contributed by atoms with E-state index in [1.807, 2.05) is 6.92 Å². The normalized spacial score (nSPS) is 15.2. The number of aliphatic hydroxyl groups is 1. The maximum atomic E-state index is 13.5. The topological polar surface area (TPSA) is 20.2 Å². The zero-order valence-corrected chi connectivity index (χ0v) is 11.5. The molecule has 0 aliphatic carbocycles. The molecule has 90 valence electrons. The molecule has 0 aromatic heterocycles. The van der Waals surface area contributed by atoms with Crippen LogP contribution in [0.2, 0.25) is 0 Å². The van der Waals surface area contributed by atoms with E-state index in [9.17, 15) is 9.50 Å². The third-order valence-corrected chi connectivity index (χ3v) is 3.59. The van der Waals surface area contributed by atoms with E-state index in [1.165, 1.54) is 6.07 Å². The van der Waals surface area contributed by atoms with Crippen molar-refractivity contribution in [2.24, 2.45) is 11.8 Å². The van der Waals surface area contributed by atoms with Crippen molar-refractivity contribution in [3.8, 4) is 0 Å². The number of hydrogen-bond acceptors (Lipinski definition) is 1. The summed E-state index contributed by atoms with van der Waals surface area (Å²) in [7, 11) is 0. The van der Waals surface area contributed by atoms with Crippen LogP contribution in [0.3, 0.4) is 0 Å². The Labute approximate surface area is 105 Å². The molecular formula is C13H18BrFO. The van der Waals surface area contributed by atoms with E-state index >= 15 is 0 Å². The largest absolute Gasteiger partial charge is 0.392 e. The maximum Gasteiger partial charge on any atom is 0.126 e. The fraction of sp³-hybridized carbons (Fsp3) is 0.538. The lowest BCUT2D eigenvalue weighted by atomic mass is 9.89. The van der Waals surface area contributed by atoms with Crippen molar-refractivity contribution in [2.45, 2.75) is 33.3 Å². The Morgan fingerprint density at radius 1 is 1.31 bits per heavy atom. The first-order valence-electron chi connectivity index (χ1n) is 5.53. The van der Waals surface area contributed by atoms with Gasteiger partial charge in [-0.15, -0.1) is 0 Å². The van der Waals surface area contributed by atoms with Crippen molar-refractivity contribution in [3.05, 3.63) is 34.1 Å². The van der Waals surface area contributed by atoms with Gasteiger partial charge in [0.05, 0.1) is 6.10 Å². The van der Waals surface area contributed by atoms with Gasteiger partial charge in [-0.25, -0.2) is 4.39 Å². The molecule has 3 heteroatoms. The molecule has 0 amide bonds. The highest BCUT2D eigenvalue weighted by Crippen LogP contribution is 2.21. The molecule has 16 heavy (non-hydrogen) atoms. The second kappa shape index (κ2) is 5.78. The molecular weight excluding hydrogens is 271 g/mol. The summed E-state index contributed by atoms with van der Waals surface area (Å²) in [6.07, 6.45) is -0.131. The minimum absolute atomic E-state index is 0.165. The van der Waals surface area contributed by atoms with Crippen LogP contribution in [0.4, 0.5) is 4.39 Å². The molecule has 0 heterocycles. The molecule has 0 aliphatic rings. The van der Waals surface area contributed by atoms with Crippen molar-refractivity contribution in [1.29, 1.82) is 0 Å². The Balaban J connectivity index is 2.76. The van der Waals surface area contributed by atoms with Crippen LogP contribution < -0.4 is 0 Å². The van der Waals surface area contributed by atoms with E-state index in [1.54, 1.807) is 12.1 Å². The van der Waals surface area contributed by atoms with Crippen LogP contribution >= 0.6 is 15.9 Å². The van der Waals surface area contributed by atoms with Gasteiger partial charge in [0.15, 0.2) is 0 Å². The molecule has 0 fully saturated rings. The lowest BCUT2D eigenvalue weighted by molar-refractivity contribution is 0.0913. The number of benzene rings is 1. The van der Waals surface area contributed by atoms with Gasteiger partial charge in [0, 0.05) is 10.9 Å². The van der Waals surface area contributed by atoms with Crippen LogP contribution in [0.5, 0.6) is 0 Å². The zero-order valence-electron chi connectivity index (χ0n) is 9.87. The van der Waals surface area contributed by atoms with E-state index in [-0.39, 0.29) is 11.7 Å². The fourth-order valence-electron chi connectivity index (χ4n) is 1.56. The van der Waals surface area contributed by atoms with E-state index in [0.717, 1.165) is 4.47 Å². The average Bonchev–Trinajstić information content (AvgIpc) is 2.22. The summed E-state index contributed by atoms with van der Waals surface area (Å²) in [6, 6.07) is 4.81. The zero-order chi connectivity index (χ0) is 12.3. The minimum Gasteiger partial charge on any atom is -0.392 e. The van der Waals surface area contributed by atoms with Gasteiger partial charge >= 0.3 is 0 Å². The summed E-state index contributed by atoms with van der Waals surface area (Å²) in [5.41, 5.74) is 0.564. The number of hydrogen-bond donors (Lipinski definition) is 1. The van der Waals surface area contributed by atoms with Gasteiger partial charge in [-0.2, -0.15) is 0 Å². The second-order valence-corrected chi connectivity index (χ2v) is 5.53. The summed E-state index contributed by atoms with van der Waals surface area (Å²) in [5, 5.41) is 9.97. The smallest absolute Gasteiger partial charge is 0.126 e. The lowest BCUT2D eigenvalue weighted by Gasteiger charge is -2.22. The Morgan fingerprint density at radius 3 is 2.50 bits per heavy atom. The highest BCUT2D eigenvalue weighted by atomic mass is 79.9. The van der Waals surface area contributed by atoms with E-state index < -0.39 is 6.10 Å². The van der Waals surface area contributed by atoms with Crippen LogP contribution in [0, 0.1) is 17.7 Å². The average molecular weight is 289 g/mol. The summed E-state index contributed by atoms with van der Waals surface area (Å²) in [4.78, 5) is 0. The summed E-state index contributed by atoms with van der Waals surface area (Å²) in [5.74, 6) is 0.307. The molecule has 0 spiro atoms. The molecule has 0 aliphatic heterocycles. The Kier molecular flexibility index (Phi) is 4.93. The maximum absolute atomic E-state index is 13.5. The summed E-state index contributed by atoms with van der Waals surface area (Å²) >= 11 is 3.30. The van der Waals surface area contributed by atoms with Gasteiger partial charge in [-0.05, 0) is 35.6 Å². The third kappa shape index (κ3) is 3.56. The Bertz CT molecular complexity index is 352. The second-order valence-electron chi connectivity index (χ2n) is 4.61. The van der Waals surface area contributed by atoms with Crippen molar-refractivity contribution in [3.63, 3.8) is 0 Å². The monoisotopic (exact) mass is 288 g/mol. The van der Waals surface area contributed by atoms with Gasteiger partial charge < -0.3 is 5.11 Å². The van der Waals surface area contributed by atoms with Gasteiger partial charge in [0.2, 0.25) is 0 Å². The van der Waals surface area contributed by atoms with Crippen LogP contribution in [0.1, 0.15) is 26.3 Å². The van der Waals surface area contributed by atoms with Gasteiger partial charge in [0.1, 0.15) is 5.82 Å². The summed E-state index contributed by atoms with van der Waals surface area (Å²) in [6.45, 7) is 6.11. The van der Waals surface area contributed by atoms with Gasteiger partial charge in [0.25, 0.3) is 0 Å².